The van der Waals surface area contributed by atoms with Crippen LogP contribution in [0.1, 0.15) is 0 Å². The first-order chi connectivity index (χ1) is 4.83. The van der Waals surface area contributed by atoms with E-state index in [1.807, 2.05) is 0 Å². The average molecular weight is 180 g/mol. The van der Waals surface area contributed by atoms with E-state index in [4.69, 9.17) is 27.2 Å². The first kappa shape index (κ1) is 9.73. The highest BCUT2D eigenvalue weighted by Crippen LogP contribution is 2.27. The first-order valence-corrected chi connectivity index (χ1v) is 4.07. The Bertz CT molecular complexity index is 205. The fourth-order valence-corrected chi connectivity index (χ4v) is 1.06. The van der Waals surface area contributed by atoms with Crippen molar-refractivity contribution >= 4 is 19.6 Å². The minimum absolute atomic E-state index is 0.676. The maximum absolute atomic E-state index is 10.7. The lowest BCUT2D eigenvalue weighted by Gasteiger charge is -2.12. The Hall–Kier alpha value is -1.27. The van der Waals surface area contributed by atoms with Crippen LogP contribution < -0.4 is 21.6 Å². The van der Waals surface area contributed by atoms with Gasteiger partial charge in [0.05, 0.1) is 0 Å². The zero-order valence-corrected chi connectivity index (χ0v) is 6.35. The summed E-state index contributed by atoms with van der Waals surface area (Å²) in [6, 6.07) is 0. The quantitative estimate of drug-likeness (QED) is 0.148. The highest BCUT2D eigenvalue weighted by molar-refractivity contribution is 7.55. The van der Waals surface area contributed by atoms with Gasteiger partial charge in [0.1, 0.15) is 0 Å². The average Bonchev–Trinajstić information content (AvgIpc) is 1.53. The zero-order chi connectivity index (χ0) is 9.07. The Morgan fingerprint density at radius 2 is 1.55 bits per heavy atom. The molecule has 9 heteroatoms. The summed E-state index contributed by atoms with van der Waals surface area (Å²) in [6.07, 6.45) is 0. The summed E-state index contributed by atoms with van der Waals surface area (Å²) in [5, 5.41) is 16.5. The van der Waals surface area contributed by atoms with Crippen LogP contribution >= 0.6 is 7.67 Å². The molecule has 11 heavy (non-hydrogen) atoms. The summed E-state index contributed by atoms with van der Waals surface area (Å²) in [4.78, 5) is 8.75. The molecule has 0 aliphatic rings. The van der Waals surface area contributed by atoms with E-state index in [-0.39, 0.29) is 0 Å². The lowest BCUT2D eigenvalue weighted by molar-refractivity contribution is 0.467. The molecule has 0 aromatic carbocycles. The molecule has 0 amide bonds. The number of hydrogen-bond donors (Lipinski definition) is 7. The van der Waals surface area contributed by atoms with Gasteiger partial charge in [-0.2, -0.15) is 0 Å². The standard InChI is InChI=1S/C2H9N6O2P/c3-1(4)7-11(9,10)8-2(5)6/h(H9,3,4,5,6,7,8,9,10). The van der Waals surface area contributed by atoms with Crippen molar-refractivity contribution in [2.45, 2.75) is 0 Å². The summed E-state index contributed by atoms with van der Waals surface area (Å²) in [5.74, 6) is -1.35. The van der Waals surface area contributed by atoms with Crippen molar-refractivity contribution in [1.29, 1.82) is 10.8 Å². The third kappa shape index (κ3) is 5.19. The fourth-order valence-electron chi connectivity index (χ4n) is 0.354. The number of nitrogens with two attached hydrogens (primary N) is 2. The normalized spacial score (nSPS) is 14.6. The lowest BCUT2D eigenvalue weighted by Crippen LogP contribution is -2.37. The molecule has 0 radical (unpaired) electrons. The molecule has 0 rings (SSSR count). The Morgan fingerprint density at radius 3 is 1.73 bits per heavy atom. The molecule has 0 fully saturated rings. The van der Waals surface area contributed by atoms with Gasteiger partial charge in [-0.25, -0.2) is 4.57 Å². The van der Waals surface area contributed by atoms with E-state index in [1.165, 1.54) is 0 Å². The molecule has 0 heterocycles. The van der Waals surface area contributed by atoms with E-state index >= 15 is 0 Å². The third-order valence-corrected chi connectivity index (χ3v) is 1.63. The Balaban J connectivity index is 4.12. The molecule has 0 spiro atoms. The van der Waals surface area contributed by atoms with Crippen LogP contribution in [0.25, 0.3) is 0 Å². The summed E-state index contributed by atoms with van der Waals surface area (Å²) < 4.78 is 10.7. The second-order valence-corrected chi connectivity index (χ2v) is 3.23. The zero-order valence-electron chi connectivity index (χ0n) is 5.46. The van der Waals surface area contributed by atoms with E-state index in [2.05, 4.69) is 0 Å². The van der Waals surface area contributed by atoms with Gasteiger partial charge in [-0.1, -0.05) is 0 Å². The summed E-state index contributed by atoms with van der Waals surface area (Å²) in [6.45, 7) is 0. The van der Waals surface area contributed by atoms with Crippen molar-refractivity contribution in [3.05, 3.63) is 0 Å². The van der Waals surface area contributed by atoms with Gasteiger partial charge in [-0.05, 0) is 0 Å². The fraction of sp³-hybridized carbons (Fsp3) is 0. The molecule has 9 N–H and O–H groups in total. The molecule has 0 aliphatic heterocycles. The molecular formula is C2H9N6O2P. The van der Waals surface area contributed by atoms with Crippen LogP contribution in [0.15, 0.2) is 0 Å². The molecule has 0 saturated heterocycles. The predicted molar refractivity (Wildman–Crippen MR) is 39.9 cm³/mol. The van der Waals surface area contributed by atoms with E-state index in [0.29, 0.717) is 0 Å². The predicted octanol–water partition coefficient (Wildman–Crippen LogP) is -1.95. The molecule has 0 unspecified atom stereocenters. The highest BCUT2D eigenvalue weighted by Gasteiger charge is 2.17. The van der Waals surface area contributed by atoms with Crippen molar-refractivity contribution in [1.82, 2.24) is 10.2 Å². The first-order valence-electron chi connectivity index (χ1n) is 2.41. The number of nitrogens with one attached hydrogen (secondary N) is 4. The maximum atomic E-state index is 10.7. The van der Waals surface area contributed by atoms with Crippen LogP contribution in [0.3, 0.4) is 0 Å². The molecule has 0 atom stereocenters. The van der Waals surface area contributed by atoms with Gasteiger partial charge in [0.25, 0.3) is 0 Å². The molecule has 64 valence electrons. The minimum Gasteiger partial charge on any atom is -0.370 e. The summed E-state index contributed by atoms with van der Waals surface area (Å²) >= 11 is 0. The van der Waals surface area contributed by atoms with E-state index in [1.54, 1.807) is 10.2 Å². The third-order valence-electron chi connectivity index (χ3n) is 0.544. The smallest absolute Gasteiger partial charge is 0.370 e. The summed E-state index contributed by atoms with van der Waals surface area (Å²) in [5.41, 5.74) is 9.49. The minimum atomic E-state index is -4.00. The molecule has 0 aromatic heterocycles. The summed E-state index contributed by atoms with van der Waals surface area (Å²) in [7, 11) is -4.00. The van der Waals surface area contributed by atoms with Gasteiger partial charge in [0.15, 0.2) is 11.9 Å². The number of guanidine groups is 2. The van der Waals surface area contributed by atoms with Crippen LogP contribution in [0.5, 0.6) is 0 Å². The van der Waals surface area contributed by atoms with Crippen LogP contribution in [-0.2, 0) is 4.57 Å². The van der Waals surface area contributed by atoms with Gasteiger partial charge in [-0.3, -0.25) is 21.0 Å². The van der Waals surface area contributed by atoms with Crippen molar-refractivity contribution in [3.63, 3.8) is 0 Å². The largest absolute Gasteiger partial charge is 0.393 e. The molecule has 0 aliphatic carbocycles. The van der Waals surface area contributed by atoms with Crippen LogP contribution in [-0.4, -0.2) is 16.8 Å². The molecule has 0 bridgehead atoms. The molecule has 0 aromatic rings. The van der Waals surface area contributed by atoms with Gasteiger partial charge >= 0.3 is 7.67 Å². The SMILES string of the molecule is N=C(N)NP(=O)(O)NC(=N)N. The van der Waals surface area contributed by atoms with Gasteiger partial charge < -0.3 is 16.4 Å². The maximum Gasteiger partial charge on any atom is 0.393 e. The Kier molecular flexibility index (Phi) is 2.85. The van der Waals surface area contributed by atoms with Gasteiger partial charge in [-0.15, -0.1) is 0 Å². The van der Waals surface area contributed by atoms with E-state index < -0.39 is 19.6 Å². The van der Waals surface area contributed by atoms with Crippen LogP contribution in [0.4, 0.5) is 0 Å². The second-order valence-electron chi connectivity index (χ2n) is 1.63. The Morgan fingerprint density at radius 1 is 1.27 bits per heavy atom. The monoisotopic (exact) mass is 180 g/mol. The van der Waals surface area contributed by atoms with Crippen molar-refractivity contribution in [3.8, 4) is 0 Å². The van der Waals surface area contributed by atoms with Crippen molar-refractivity contribution < 1.29 is 9.46 Å². The molecule has 0 saturated carbocycles. The van der Waals surface area contributed by atoms with E-state index in [9.17, 15) is 4.57 Å². The second kappa shape index (κ2) is 3.22. The van der Waals surface area contributed by atoms with E-state index in [0.717, 1.165) is 0 Å². The Labute approximate surface area is 62.5 Å². The van der Waals surface area contributed by atoms with Gasteiger partial charge in [0.2, 0.25) is 0 Å². The topological polar surface area (TPSA) is 161 Å². The lowest BCUT2D eigenvalue weighted by atomic mass is 11.1. The molecule has 8 nitrogen and oxygen atoms in total. The van der Waals surface area contributed by atoms with Gasteiger partial charge in [0, 0.05) is 0 Å². The molecular weight excluding hydrogens is 171 g/mol. The number of hydrogen-bond acceptors (Lipinski definition) is 3. The highest BCUT2D eigenvalue weighted by atomic mass is 31.2. The van der Waals surface area contributed by atoms with Crippen molar-refractivity contribution in [2.24, 2.45) is 11.5 Å². The number of rotatable bonds is 2. The van der Waals surface area contributed by atoms with Crippen molar-refractivity contribution in [2.75, 3.05) is 0 Å². The van der Waals surface area contributed by atoms with Crippen LogP contribution in [0, 0.1) is 10.8 Å². The van der Waals surface area contributed by atoms with Crippen LogP contribution in [0.2, 0.25) is 0 Å².